The summed E-state index contributed by atoms with van der Waals surface area (Å²) in [6.45, 7) is 1.97. The first kappa shape index (κ1) is 23.2. The molecule has 0 amide bonds. The molecule has 0 saturated heterocycles. The third-order valence-electron chi connectivity index (χ3n) is 5.27. The Morgan fingerprint density at radius 3 is 2.52 bits per heavy atom. The molecule has 6 heteroatoms. The first-order valence-electron chi connectivity index (χ1n) is 10.4. The molecule has 2 atom stereocenters. The van der Waals surface area contributed by atoms with Gasteiger partial charge in [0.05, 0.1) is 5.71 Å². The summed E-state index contributed by atoms with van der Waals surface area (Å²) in [6.07, 6.45) is 7.25. The van der Waals surface area contributed by atoms with E-state index in [1.807, 2.05) is 67.6 Å². The molecule has 0 aliphatic heterocycles. The summed E-state index contributed by atoms with van der Waals surface area (Å²) in [6, 6.07) is 17.4. The summed E-state index contributed by atoms with van der Waals surface area (Å²) in [7, 11) is -1.38. The number of allylic oxidation sites excluding steroid dienone is 3. The molecule has 0 aromatic heterocycles. The van der Waals surface area contributed by atoms with E-state index < -0.39 is 11.0 Å². The van der Waals surface area contributed by atoms with Crippen LogP contribution in [0.2, 0.25) is 5.02 Å². The Hall–Kier alpha value is -2.47. The van der Waals surface area contributed by atoms with Gasteiger partial charge >= 0.3 is 0 Å². The van der Waals surface area contributed by atoms with Crippen LogP contribution in [0.3, 0.4) is 0 Å². The fraction of sp³-hybridized carbons (Fsp3) is 0.240. The highest BCUT2D eigenvalue weighted by Gasteiger charge is 2.17. The van der Waals surface area contributed by atoms with Gasteiger partial charge in [-0.3, -0.25) is 0 Å². The molecule has 31 heavy (non-hydrogen) atoms. The molecule has 1 aliphatic rings. The highest BCUT2D eigenvalue weighted by atomic mass is 35.5. The monoisotopic (exact) mass is 453 g/mol. The zero-order valence-electron chi connectivity index (χ0n) is 17.6. The lowest BCUT2D eigenvalue weighted by molar-refractivity contribution is 0.658. The number of hydrogen-bond donors (Lipinski definition) is 3. The fourth-order valence-electron chi connectivity index (χ4n) is 3.51. The Labute approximate surface area is 192 Å². The number of rotatable bonds is 6. The number of hydrogen-bond acceptors (Lipinski definition) is 3. The predicted octanol–water partition coefficient (Wildman–Crippen LogP) is 6.06. The lowest BCUT2D eigenvalue weighted by atomic mass is 9.97. The maximum atomic E-state index is 12.5. The number of nitrogens with two attached hydrogens (primary N) is 1. The van der Waals surface area contributed by atoms with Crippen LogP contribution in [0.15, 0.2) is 82.9 Å². The third-order valence-corrected chi connectivity index (χ3v) is 6.49. The fourth-order valence-corrected chi connectivity index (χ4v) is 4.47. The summed E-state index contributed by atoms with van der Waals surface area (Å²) in [5.41, 5.74) is 11.1. The van der Waals surface area contributed by atoms with Crippen molar-refractivity contribution in [1.29, 1.82) is 5.41 Å². The van der Waals surface area contributed by atoms with Gasteiger partial charge in [0.25, 0.3) is 0 Å². The van der Waals surface area contributed by atoms with Crippen LogP contribution >= 0.6 is 11.6 Å². The molecule has 1 unspecified atom stereocenters. The van der Waals surface area contributed by atoms with E-state index in [0.29, 0.717) is 16.4 Å². The molecule has 0 spiro atoms. The molecule has 2 aromatic rings. The van der Waals surface area contributed by atoms with Gasteiger partial charge < -0.3 is 11.1 Å². The maximum absolute atomic E-state index is 12.5. The van der Waals surface area contributed by atoms with Crippen LogP contribution in [0, 0.1) is 5.41 Å². The van der Waals surface area contributed by atoms with E-state index >= 15 is 0 Å². The first-order chi connectivity index (χ1) is 14.9. The van der Waals surface area contributed by atoms with Crippen LogP contribution in [-0.4, -0.2) is 9.92 Å². The normalized spacial score (nSPS) is 19.9. The topological polar surface area (TPSA) is 79.0 Å². The van der Waals surface area contributed by atoms with Crippen molar-refractivity contribution in [3.05, 3.63) is 99.1 Å². The Bertz CT molecular complexity index is 1030. The molecule has 3 rings (SSSR count). The van der Waals surface area contributed by atoms with E-state index in [1.54, 1.807) is 11.5 Å². The van der Waals surface area contributed by atoms with Crippen molar-refractivity contribution in [1.82, 2.24) is 4.72 Å². The van der Waals surface area contributed by atoms with E-state index in [1.165, 1.54) is 0 Å². The van der Waals surface area contributed by atoms with E-state index in [0.717, 1.165) is 48.0 Å². The second-order valence-corrected chi connectivity index (χ2v) is 9.13. The Morgan fingerprint density at radius 2 is 1.81 bits per heavy atom. The van der Waals surface area contributed by atoms with Gasteiger partial charge in [-0.25, -0.2) is 8.93 Å². The van der Waals surface area contributed by atoms with Gasteiger partial charge in [0.2, 0.25) is 0 Å². The van der Waals surface area contributed by atoms with Crippen LogP contribution in [0.25, 0.3) is 6.08 Å². The van der Waals surface area contributed by atoms with Crippen LogP contribution in [0.5, 0.6) is 0 Å². The van der Waals surface area contributed by atoms with Crippen molar-refractivity contribution in [3.8, 4) is 0 Å². The van der Waals surface area contributed by atoms with Crippen LogP contribution < -0.4 is 10.5 Å². The minimum atomic E-state index is -1.38. The number of benzene rings is 2. The van der Waals surface area contributed by atoms with Gasteiger partial charge in [0.1, 0.15) is 11.0 Å². The predicted molar refractivity (Wildman–Crippen MR) is 132 cm³/mol. The lowest BCUT2D eigenvalue weighted by Crippen LogP contribution is -2.19. The molecule has 0 heterocycles. The summed E-state index contributed by atoms with van der Waals surface area (Å²) >= 11 is 5.98. The molecule has 1 saturated carbocycles. The van der Waals surface area contributed by atoms with Crippen molar-refractivity contribution in [2.75, 3.05) is 0 Å². The van der Waals surface area contributed by atoms with E-state index in [2.05, 4.69) is 4.72 Å². The van der Waals surface area contributed by atoms with Gasteiger partial charge in [-0.15, -0.1) is 0 Å². The van der Waals surface area contributed by atoms with E-state index in [4.69, 9.17) is 22.7 Å². The summed E-state index contributed by atoms with van der Waals surface area (Å²) in [5.74, 6) is 0. The quantitative estimate of drug-likeness (QED) is 0.465. The highest BCUT2D eigenvalue weighted by molar-refractivity contribution is 7.86. The van der Waals surface area contributed by atoms with Gasteiger partial charge in [-0.1, -0.05) is 54.1 Å². The summed E-state index contributed by atoms with van der Waals surface area (Å²) in [5, 5.41) is 11.0. The van der Waals surface area contributed by atoms with Crippen molar-refractivity contribution in [3.63, 3.8) is 0 Å². The van der Waals surface area contributed by atoms with Crippen molar-refractivity contribution in [2.24, 2.45) is 5.73 Å². The van der Waals surface area contributed by atoms with Crippen LogP contribution in [0.4, 0.5) is 0 Å². The summed E-state index contributed by atoms with van der Waals surface area (Å²) < 4.78 is 15.5. The molecule has 2 aromatic carbocycles. The summed E-state index contributed by atoms with van der Waals surface area (Å²) in [4.78, 5) is 0. The minimum absolute atomic E-state index is 0.0503. The van der Waals surface area contributed by atoms with E-state index in [9.17, 15) is 4.21 Å². The Morgan fingerprint density at radius 1 is 1.13 bits per heavy atom. The molecule has 162 valence electrons. The second kappa shape index (κ2) is 11.2. The maximum Gasteiger partial charge on any atom is 0.118 e. The molecular formula is C25H28ClN3OS. The molecule has 4 nitrogen and oxygen atoms in total. The first-order valence-corrected chi connectivity index (χ1v) is 12.0. The standard InChI is InChI=1S/C25H28ClN3OS/c1-18(20-7-3-2-4-8-20)29-31(30)16-15-24(27)23-10-6-5-9-21(25(23)28)17-19-11-13-22(26)14-12-19/h2-4,7-8,11-18,28-29H,5-6,9-10,27H2,1H3/b16-15+,21-17+,24-23-,28-25?/t18-,31?/m1/s1. The Balaban J connectivity index is 1.73. The minimum Gasteiger partial charge on any atom is -0.398 e. The van der Waals surface area contributed by atoms with Crippen molar-refractivity contribution >= 4 is 34.4 Å². The third kappa shape index (κ3) is 6.76. The van der Waals surface area contributed by atoms with Gasteiger partial charge in [-0.05, 0) is 73.6 Å². The van der Waals surface area contributed by atoms with Crippen LogP contribution in [-0.2, 0) is 11.0 Å². The smallest absolute Gasteiger partial charge is 0.118 e. The average molecular weight is 454 g/mol. The van der Waals surface area contributed by atoms with Gasteiger partial charge in [-0.2, -0.15) is 0 Å². The molecule has 4 N–H and O–H groups in total. The SMILES string of the molecule is C[C@@H](NS(=O)/C=C/C(N)=C1\CCCC/C(=C\c2ccc(Cl)cc2)C1=N)c1ccccc1. The second-order valence-electron chi connectivity index (χ2n) is 7.59. The largest absolute Gasteiger partial charge is 0.398 e. The van der Waals surface area contributed by atoms with Gasteiger partial charge in [0, 0.05) is 27.7 Å². The number of nitrogens with one attached hydrogen (secondary N) is 2. The average Bonchev–Trinajstić information content (AvgIpc) is 2.95. The zero-order chi connectivity index (χ0) is 22.2. The number of halogens is 1. The zero-order valence-corrected chi connectivity index (χ0v) is 19.2. The van der Waals surface area contributed by atoms with Crippen molar-refractivity contribution in [2.45, 2.75) is 38.6 Å². The van der Waals surface area contributed by atoms with Crippen molar-refractivity contribution < 1.29 is 4.21 Å². The van der Waals surface area contributed by atoms with E-state index in [-0.39, 0.29) is 6.04 Å². The highest BCUT2D eigenvalue weighted by Crippen LogP contribution is 2.27. The molecule has 1 fully saturated rings. The van der Waals surface area contributed by atoms with Crippen LogP contribution in [0.1, 0.15) is 49.8 Å². The molecular weight excluding hydrogens is 426 g/mol. The Kier molecular flexibility index (Phi) is 8.41. The lowest BCUT2D eigenvalue weighted by Gasteiger charge is -2.12. The molecule has 1 aliphatic carbocycles. The molecule has 0 radical (unpaired) electrons. The van der Waals surface area contributed by atoms with Gasteiger partial charge in [0.15, 0.2) is 0 Å². The molecule has 0 bridgehead atoms.